The van der Waals surface area contributed by atoms with Crippen molar-refractivity contribution in [1.82, 2.24) is 5.32 Å². The van der Waals surface area contributed by atoms with E-state index in [1.54, 1.807) is 0 Å². The molecular weight excluding hydrogens is 218 g/mol. The molecular formula is C17H25N. The van der Waals surface area contributed by atoms with Gasteiger partial charge in [-0.15, -0.1) is 0 Å². The number of hydrogen-bond acceptors (Lipinski definition) is 1. The van der Waals surface area contributed by atoms with E-state index in [1.165, 1.54) is 43.2 Å². The normalized spacial score (nSPS) is 31.1. The van der Waals surface area contributed by atoms with E-state index < -0.39 is 0 Å². The summed E-state index contributed by atoms with van der Waals surface area (Å²) in [5, 5.41) is 3.57. The lowest BCUT2D eigenvalue weighted by atomic mass is 9.88. The molecule has 2 aliphatic carbocycles. The molecule has 0 spiro atoms. The highest BCUT2D eigenvalue weighted by Crippen LogP contribution is 2.57. The van der Waals surface area contributed by atoms with E-state index in [4.69, 9.17) is 0 Å². The third-order valence-electron chi connectivity index (χ3n) is 4.91. The Labute approximate surface area is 111 Å². The highest BCUT2D eigenvalue weighted by Gasteiger charge is 2.47. The summed E-state index contributed by atoms with van der Waals surface area (Å²) < 4.78 is 0. The van der Waals surface area contributed by atoms with E-state index >= 15 is 0 Å². The van der Waals surface area contributed by atoms with Gasteiger partial charge in [0.1, 0.15) is 0 Å². The van der Waals surface area contributed by atoms with Crippen LogP contribution in [0.5, 0.6) is 0 Å². The van der Waals surface area contributed by atoms with Crippen LogP contribution in [0.4, 0.5) is 0 Å². The van der Waals surface area contributed by atoms with E-state index in [-0.39, 0.29) is 0 Å². The van der Waals surface area contributed by atoms with Gasteiger partial charge in [-0.05, 0) is 61.6 Å². The quantitative estimate of drug-likeness (QED) is 0.826. The van der Waals surface area contributed by atoms with Crippen LogP contribution in [0.25, 0.3) is 0 Å². The molecule has 0 bridgehead atoms. The minimum Gasteiger partial charge on any atom is -0.313 e. The highest BCUT2D eigenvalue weighted by atomic mass is 14.9. The van der Waals surface area contributed by atoms with Crippen molar-refractivity contribution in [2.45, 2.75) is 45.1 Å². The maximum Gasteiger partial charge on any atom is 0.0346 e. The fourth-order valence-electron chi connectivity index (χ4n) is 3.94. The van der Waals surface area contributed by atoms with Crippen molar-refractivity contribution in [2.24, 2.45) is 17.8 Å². The van der Waals surface area contributed by atoms with Crippen molar-refractivity contribution in [1.29, 1.82) is 0 Å². The highest BCUT2D eigenvalue weighted by molar-refractivity contribution is 5.27. The van der Waals surface area contributed by atoms with Gasteiger partial charge in [-0.3, -0.25) is 0 Å². The summed E-state index contributed by atoms with van der Waals surface area (Å²) in [4.78, 5) is 0. The molecule has 0 amide bonds. The second-order valence-corrected chi connectivity index (χ2v) is 6.25. The standard InChI is InChI=1S/C17H25N/c1-3-5-12-6-4-7-13(8-12)17(18-2)16-10-14-9-15(14)11-16/h4,6-8,14-18H,3,5,9-11H2,1-2H3. The predicted molar refractivity (Wildman–Crippen MR) is 76.6 cm³/mol. The average Bonchev–Trinajstić information content (AvgIpc) is 2.99. The van der Waals surface area contributed by atoms with E-state index in [2.05, 4.69) is 43.6 Å². The summed E-state index contributed by atoms with van der Waals surface area (Å²) in [5.41, 5.74) is 3.01. The van der Waals surface area contributed by atoms with E-state index in [0.717, 1.165) is 17.8 Å². The van der Waals surface area contributed by atoms with Crippen LogP contribution in [0.1, 0.15) is 49.8 Å². The molecule has 2 aliphatic rings. The van der Waals surface area contributed by atoms with E-state index in [1.807, 2.05) is 0 Å². The van der Waals surface area contributed by atoms with Crippen molar-refractivity contribution in [3.8, 4) is 0 Å². The maximum atomic E-state index is 3.57. The van der Waals surface area contributed by atoms with Gasteiger partial charge in [0.25, 0.3) is 0 Å². The van der Waals surface area contributed by atoms with E-state index in [9.17, 15) is 0 Å². The molecule has 1 aromatic rings. The number of aryl methyl sites for hydroxylation is 1. The SMILES string of the molecule is CCCc1cccc(C(NC)C2CC3CC3C2)c1. The zero-order valence-electron chi connectivity index (χ0n) is 11.7. The lowest BCUT2D eigenvalue weighted by Crippen LogP contribution is -2.24. The van der Waals surface area contributed by atoms with E-state index in [0.29, 0.717) is 6.04 Å². The molecule has 0 saturated heterocycles. The van der Waals surface area contributed by atoms with Crippen molar-refractivity contribution >= 4 is 0 Å². The van der Waals surface area contributed by atoms with Crippen molar-refractivity contribution in [3.05, 3.63) is 35.4 Å². The fourth-order valence-corrected chi connectivity index (χ4v) is 3.94. The van der Waals surface area contributed by atoms with Gasteiger partial charge in [-0.25, -0.2) is 0 Å². The first kappa shape index (κ1) is 12.2. The van der Waals surface area contributed by atoms with Gasteiger partial charge in [-0.1, -0.05) is 37.6 Å². The van der Waals surface area contributed by atoms with Gasteiger partial charge in [0.15, 0.2) is 0 Å². The Bertz CT molecular complexity index is 402. The predicted octanol–water partition coefficient (Wildman–Crippen LogP) is 3.95. The molecule has 3 unspecified atom stereocenters. The van der Waals surface area contributed by atoms with Crippen LogP contribution in [-0.2, 0) is 6.42 Å². The van der Waals surface area contributed by atoms with Crippen LogP contribution < -0.4 is 5.32 Å². The van der Waals surface area contributed by atoms with Crippen LogP contribution in [0.15, 0.2) is 24.3 Å². The fraction of sp³-hybridized carbons (Fsp3) is 0.647. The topological polar surface area (TPSA) is 12.0 Å². The Morgan fingerprint density at radius 3 is 2.67 bits per heavy atom. The summed E-state index contributed by atoms with van der Waals surface area (Å²) >= 11 is 0. The first-order valence-corrected chi connectivity index (χ1v) is 7.58. The minimum atomic E-state index is 0.578. The van der Waals surface area contributed by atoms with Crippen LogP contribution in [0.2, 0.25) is 0 Å². The van der Waals surface area contributed by atoms with Crippen LogP contribution in [-0.4, -0.2) is 7.05 Å². The van der Waals surface area contributed by atoms with Crippen molar-refractivity contribution in [3.63, 3.8) is 0 Å². The summed E-state index contributed by atoms with van der Waals surface area (Å²) in [7, 11) is 2.13. The molecule has 1 aromatic carbocycles. The monoisotopic (exact) mass is 243 g/mol. The Balaban J connectivity index is 1.75. The lowest BCUT2D eigenvalue weighted by molar-refractivity contribution is 0.359. The Morgan fingerprint density at radius 2 is 2.00 bits per heavy atom. The molecule has 0 aliphatic heterocycles. The minimum absolute atomic E-state index is 0.578. The Kier molecular flexibility index (Phi) is 3.43. The van der Waals surface area contributed by atoms with Gasteiger partial charge in [0.2, 0.25) is 0 Å². The van der Waals surface area contributed by atoms with Gasteiger partial charge in [0.05, 0.1) is 0 Å². The molecule has 0 aromatic heterocycles. The zero-order valence-corrected chi connectivity index (χ0v) is 11.7. The second-order valence-electron chi connectivity index (χ2n) is 6.25. The van der Waals surface area contributed by atoms with Crippen molar-refractivity contribution in [2.75, 3.05) is 7.05 Å². The Hall–Kier alpha value is -0.820. The van der Waals surface area contributed by atoms with Crippen LogP contribution in [0.3, 0.4) is 0 Å². The second kappa shape index (κ2) is 5.05. The molecule has 2 fully saturated rings. The number of hydrogen-bond donors (Lipinski definition) is 1. The summed E-state index contributed by atoms with van der Waals surface area (Å²) in [6.07, 6.45) is 6.87. The number of nitrogens with one attached hydrogen (secondary N) is 1. The largest absolute Gasteiger partial charge is 0.313 e. The number of rotatable bonds is 5. The van der Waals surface area contributed by atoms with Gasteiger partial charge in [0, 0.05) is 6.04 Å². The third-order valence-corrected chi connectivity index (χ3v) is 4.91. The van der Waals surface area contributed by atoms with Gasteiger partial charge < -0.3 is 5.32 Å². The average molecular weight is 243 g/mol. The molecule has 18 heavy (non-hydrogen) atoms. The maximum absolute atomic E-state index is 3.57. The smallest absolute Gasteiger partial charge is 0.0346 e. The molecule has 0 heterocycles. The molecule has 1 nitrogen and oxygen atoms in total. The summed E-state index contributed by atoms with van der Waals surface area (Å²) in [6.45, 7) is 2.26. The summed E-state index contributed by atoms with van der Waals surface area (Å²) in [6, 6.07) is 9.82. The molecule has 2 saturated carbocycles. The molecule has 1 N–H and O–H groups in total. The Morgan fingerprint density at radius 1 is 1.22 bits per heavy atom. The van der Waals surface area contributed by atoms with Gasteiger partial charge in [-0.2, -0.15) is 0 Å². The number of fused-ring (bicyclic) bond motifs is 1. The lowest BCUT2D eigenvalue weighted by Gasteiger charge is -2.25. The third kappa shape index (κ3) is 2.33. The zero-order chi connectivity index (χ0) is 12.5. The molecule has 0 radical (unpaired) electrons. The molecule has 3 rings (SSSR count). The first-order chi connectivity index (χ1) is 8.81. The molecule has 1 heteroatoms. The molecule has 98 valence electrons. The van der Waals surface area contributed by atoms with Gasteiger partial charge >= 0.3 is 0 Å². The molecule has 3 atom stereocenters. The van der Waals surface area contributed by atoms with Crippen LogP contribution >= 0.6 is 0 Å². The first-order valence-electron chi connectivity index (χ1n) is 7.58. The summed E-state index contributed by atoms with van der Waals surface area (Å²) in [5.74, 6) is 3.02. The van der Waals surface area contributed by atoms with Crippen molar-refractivity contribution < 1.29 is 0 Å². The van der Waals surface area contributed by atoms with Crippen LogP contribution in [0, 0.1) is 17.8 Å². The number of benzene rings is 1.